The predicted octanol–water partition coefficient (Wildman–Crippen LogP) is 0.322. The number of hydrogen-bond acceptors (Lipinski definition) is 13. The van der Waals surface area contributed by atoms with Crippen molar-refractivity contribution in [2.75, 3.05) is 14.2 Å². The van der Waals surface area contributed by atoms with Crippen LogP contribution in [0.3, 0.4) is 0 Å². The van der Waals surface area contributed by atoms with Crippen LogP contribution in [0.25, 0.3) is 0 Å². The molecule has 2 aliphatic rings. The molecule has 9 N–H and O–H groups in total. The molecule has 2 aromatic rings. The number of phenols is 1. The molecule has 0 saturated carbocycles. The summed E-state index contributed by atoms with van der Waals surface area (Å²) >= 11 is 0. The summed E-state index contributed by atoms with van der Waals surface area (Å²) in [7, 11) is 2.79. The van der Waals surface area contributed by atoms with Crippen molar-refractivity contribution in [3.8, 4) is 5.75 Å². The second-order valence-electron chi connectivity index (χ2n) is 19.5. The Hall–Kier alpha value is -6.61. The number of aliphatic hydroxyl groups is 1. The van der Waals surface area contributed by atoms with Crippen LogP contribution in [0.15, 0.2) is 54.6 Å². The van der Waals surface area contributed by atoms with Crippen LogP contribution in [0, 0.1) is 17.8 Å². The van der Waals surface area contributed by atoms with Gasteiger partial charge in [0.2, 0.25) is 47.3 Å². The van der Waals surface area contributed by atoms with Crippen LogP contribution in [0.2, 0.25) is 0 Å². The Morgan fingerprint density at radius 3 is 1.96 bits per heavy atom. The molecular formula is C50H72N8O13. The van der Waals surface area contributed by atoms with E-state index in [1.54, 1.807) is 58.0 Å². The maximum absolute atomic E-state index is 14.9. The van der Waals surface area contributed by atoms with Crippen LogP contribution >= 0.6 is 0 Å². The lowest BCUT2D eigenvalue weighted by atomic mass is 9.98. The Bertz CT molecular complexity index is 2210. The van der Waals surface area contributed by atoms with Gasteiger partial charge in [-0.1, -0.05) is 84.0 Å². The number of hydrogen-bond donors (Lipinski definition) is 8. The van der Waals surface area contributed by atoms with E-state index < -0.39 is 126 Å². The van der Waals surface area contributed by atoms with Crippen molar-refractivity contribution >= 4 is 53.2 Å². The minimum absolute atomic E-state index is 0.00344. The zero-order valence-corrected chi connectivity index (χ0v) is 42.0. The van der Waals surface area contributed by atoms with Gasteiger partial charge in [-0.15, -0.1) is 0 Å². The summed E-state index contributed by atoms with van der Waals surface area (Å²) < 4.78 is 11.6. The van der Waals surface area contributed by atoms with E-state index in [9.17, 15) is 53.4 Å². The van der Waals surface area contributed by atoms with Crippen LogP contribution in [0.1, 0.15) is 91.7 Å². The fraction of sp³-hybridized carbons (Fsp3) is 0.580. The van der Waals surface area contributed by atoms with Gasteiger partial charge in [0.05, 0.1) is 6.42 Å². The van der Waals surface area contributed by atoms with E-state index in [0.29, 0.717) is 11.1 Å². The van der Waals surface area contributed by atoms with Gasteiger partial charge in [-0.2, -0.15) is 0 Å². The summed E-state index contributed by atoms with van der Waals surface area (Å²) in [6, 6.07) is 4.48. The van der Waals surface area contributed by atoms with E-state index in [2.05, 4.69) is 26.6 Å². The topological polar surface area (TPSA) is 305 Å². The number of fused-ring (bicyclic) bond motifs is 1. The molecule has 2 fully saturated rings. The van der Waals surface area contributed by atoms with E-state index in [-0.39, 0.29) is 56.1 Å². The van der Waals surface area contributed by atoms with Crippen molar-refractivity contribution in [3.63, 3.8) is 0 Å². The highest BCUT2D eigenvalue weighted by Crippen LogP contribution is 2.28. The minimum Gasteiger partial charge on any atom is -0.508 e. The fourth-order valence-corrected chi connectivity index (χ4v) is 8.65. The lowest BCUT2D eigenvalue weighted by Crippen LogP contribution is -2.62. The number of nitrogens with two attached hydrogens (primary N) is 1. The normalized spacial score (nSPS) is 25.0. The summed E-state index contributed by atoms with van der Waals surface area (Å²) in [5.41, 5.74) is 6.61. The number of amides is 8. The molecule has 2 saturated heterocycles. The number of aromatic hydroxyl groups is 1. The molecule has 21 nitrogen and oxygen atoms in total. The highest BCUT2D eigenvalue weighted by Gasteiger charge is 2.46. The number of benzene rings is 2. The number of nitrogens with zero attached hydrogens (tertiary/aromatic N) is 2. The van der Waals surface area contributed by atoms with Crippen LogP contribution in [0.4, 0.5) is 0 Å². The molecule has 0 radical (unpaired) electrons. The molecule has 2 unspecified atom stereocenters. The smallest absolute Gasteiger partial charge is 0.329 e. The summed E-state index contributed by atoms with van der Waals surface area (Å²) in [4.78, 5) is 130. The van der Waals surface area contributed by atoms with Crippen molar-refractivity contribution in [1.29, 1.82) is 0 Å². The quantitative estimate of drug-likeness (QED) is 0.105. The zero-order valence-electron chi connectivity index (χ0n) is 42.0. The first-order valence-corrected chi connectivity index (χ1v) is 24.0. The van der Waals surface area contributed by atoms with Crippen LogP contribution in [-0.2, 0) is 65.5 Å². The molecule has 0 bridgehead atoms. The fourth-order valence-electron chi connectivity index (χ4n) is 8.65. The van der Waals surface area contributed by atoms with E-state index >= 15 is 0 Å². The van der Waals surface area contributed by atoms with Gasteiger partial charge in [0.15, 0.2) is 0 Å². The highest BCUT2D eigenvalue weighted by atomic mass is 16.5. The number of rotatable bonds is 16. The number of methoxy groups -OCH3 is 1. The average Bonchev–Trinajstić information content (AvgIpc) is 3.74. The molecule has 2 aliphatic heterocycles. The summed E-state index contributed by atoms with van der Waals surface area (Å²) in [5.74, 6) is -9.23. The highest BCUT2D eigenvalue weighted by molar-refractivity contribution is 5.99. The second-order valence-corrected chi connectivity index (χ2v) is 19.5. The number of carbonyl (C=O) groups excluding carboxylic acids is 9. The largest absolute Gasteiger partial charge is 0.508 e. The Labute approximate surface area is 414 Å². The molecular weight excluding hydrogens is 921 g/mol. The van der Waals surface area contributed by atoms with Crippen molar-refractivity contribution in [1.82, 2.24) is 36.4 Å². The van der Waals surface area contributed by atoms with E-state index in [0.717, 1.165) is 0 Å². The average molecular weight is 993 g/mol. The number of aliphatic hydroxyl groups excluding tert-OH is 1. The SMILES string of the molecule is CO[C@H]1CC[C@@H]2C(=O)NC(CC(C)C)C(=O)N(C)[C@H](Cc3ccccc3)C(=O)NC(C(C)C)C(=O)O[C@H](C)[C@@H](NC(=O)[C@H](CC(N)=O)NC(=O)[C@H](O)Cc3ccc(O)cc3)C(=O)N[C@H](CC(C)C)C(=O)N12. The summed E-state index contributed by atoms with van der Waals surface area (Å²) in [5, 5.41) is 33.4. The molecule has 2 aromatic carbocycles. The molecule has 390 valence electrons. The Morgan fingerprint density at radius 2 is 1.39 bits per heavy atom. The first-order valence-electron chi connectivity index (χ1n) is 24.0. The van der Waals surface area contributed by atoms with E-state index in [1.807, 2.05) is 13.8 Å². The maximum atomic E-state index is 14.9. The Morgan fingerprint density at radius 1 is 0.803 bits per heavy atom. The molecule has 10 atom stereocenters. The van der Waals surface area contributed by atoms with E-state index in [4.69, 9.17) is 15.2 Å². The van der Waals surface area contributed by atoms with Crippen molar-refractivity contribution < 1.29 is 62.8 Å². The second kappa shape index (κ2) is 26.0. The van der Waals surface area contributed by atoms with Crippen LogP contribution in [0.5, 0.6) is 5.75 Å². The maximum Gasteiger partial charge on any atom is 0.329 e. The van der Waals surface area contributed by atoms with Crippen molar-refractivity contribution in [3.05, 3.63) is 65.7 Å². The van der Waals surface area contributed by atoms with Crippen LogP contribution < -0.4 is 32.3 Å². The third-order valence-corrected chi connectivity index (χ3v) is 12.5. The number of esters is 1. The summed E-state index contributed by atoms with van der Waals surface area (Å²) in [6.07, 6.45) is -4.86. The van der Waals surface area contributed by atoms with Gasteiger partial charge in [0.1, 0.15) is 66.5 Å². The first kappa shape index (κ1) is 57.0. The van der Waals surface area contributed by atoms with Crippen LogP contribution in [-0.4, -0.2) is 148 Å². The molecule has 0 spiro atoms. The van der Waals surface area contributed by atoms with Gasteiger partial charge in [-0.05, 0) is 73.6 Å². The van der Waals surface area contributed by atoms with Gasteiger partial charge >= 0.3 is 5.97 Å². The van der Waals surface area contributed by atoms with Gasteiger partial charge in [0.25, 0.3) is 0 Å². The number of nitrogens with one attached hydrogen (secondary N) is 5. The minimum atomic E-state index is -1.86. The molecule has 8 amide bonds. The Kier molecular flexibility index (Phi) is 20.9. The number of likely N-dealkylation sites (N-methyl/N-ethyl adjacent to an activating group) is 1. The molecule has 71 heavy (non-hydrogen) atoms. The van der Waals surface area contributed by atoms with E-state index in [1.165, 1.54) is 55.1 Å². The molecule has 4 rings (SSSR count). The Balaban J connectivity index is 1.83. The standard InChI is InChI=1S/C50H72N8O13/c1-26(2)21-34-48(67)57(8)37(23-30-13-11-10-12-14-30)45(64)55-41(28(5)6)50(69)71-29(7)42(47(66)54-35(22-27(3)4)49(68)58-36(44(63)53-34)19-20-40(58)70-9)56-43(62)33(25-39(51)61)52-46(65)38(60)24-31-15-17-32(59)18-16-31/h10-18,26-29,33-38,40-42,59-60H,19-25H2,1-9H3,(H2,51,61)(H,52,65)(H,53,63)(H,54,66)(H,55,64)(H,56,62)/t29-,33+,34?,35-,36-,37-,38-,40+,41?,42-/m1/s1. The molecule has 21 heteroatoms. The number of carbonyl (C=O) groups is 9. The lowest BCUT2D eigenvalue weighted by molar-refractivity contribution is -0.158. The van der Waals surface area contributed by atoms with Gasteiger partial charge in [-0.3, -0.25) is 38.4 Å². The monoisotopic (exact) mass is 993 g/mol. The number of phenolic OH excluding ortho intramolecular Hbond substituents is 1. The zero-order chi connectivity index (χ0) is 52.9. The molecule has 0 aromatic heterocycles. The van der Waals surface area contributed by atoms with Crippen molar-refractivity contribution in [2.45, 2.75) is 154 Å². The first-order chi connectivity index (χ1) is 33.4. The van der Waals surface area contributed by atoms with Crippen molar-refractivity contribution in [2.24, 2.45) is 23.5 Å². The molecule has 0 aliphatic carbocycles. The van der Waals surface area contributed by atoms with Gasteiger partial charge in [-0.25, -0.2) is 4.79 Å². The number of cyclic esters (lactones) is 1. The van der Waals surface area contributed by atoms with Gasteiger partial charge < -0.3 is 61.8 Å². The lowest BCUT2D eigenvalue weighted by Gasteiger charge is -2.35. The third kappa shape index (κ3) is 15.9. The number of ether oxygens (including phenoxy) is 2. The third-order valence-electron chi connectivity index (χ3n) is 12.5. The number of primary amides is 1. The molecule has 2 heterocycles. The van der Waals surface area contributed by atoms with Gasteiger partial charge in [0, 0.05) is 27.0 Å². The predicted molar refractivity (Wildman–Crippen MR) is 258 cm³/mol. The summed E-state index contributed by atoms with van der Waals surface area (Å²) in [6.45, 7) is 11.8.